The molecule has 0 bridgehead atoms. The number of amides is 1. The number of carbonyl (C=O) groups is 1. The molecule has 3 heteroatoms. The zero-order valence-corrected chi connectivity index (χ0v) is 5.76. The Kier molecular flexibility index (Phi) is 1.22. The van der Waals surface area contributed by atoms with Gasteiger partial charge in [-0.25, -0.2) is 5.43 Å². The van der Waals surface area contributed by atoms with Gasteiger partial charge in [0, 0.05) is 12.1 Å². The monoisotopic (exact) mass is 138 g/mol. The lowest BCUT2D eigenvalue weighted by molar-refractivity contribution is -0.121. The first kappa shape index (κ1) is 5.89. The van der Waals surface area contributed by atoms with Gasteiger partial charge >= 0.3 is 0 Å². The molecule has 0 aromatic heterocycles. The highest BCUT2D eigenvalue weighted by atomic mass is 16.2. The third-order valence-electron chi connectivity index (χ3n) is 1.98. The van der Waals surface area contributed by atoms with E-state index in [9.17, 15) is 4.79 Å². The number of hydrogen-bond acceptors (Lipinski definition) is 2. The van der Waals surface area contributed by atoms with Crippen molar-refractivity contribution in [2.45, 2.75) is 25.7 Å². The fourth-order valence-corrected chi connectivity index (χ4v) is 1.20. The van der Waals surface area contributed by atoms with E-state index in [1.54, 1.807) is 0 Å². The fraction of sp³-hybridized carbons (Fsp3) is 0.714. The van der Waals surface area contributed by atoms with Crippen LogP contribution in [0.4, 0.5) is 0 Å². The molecule has 1 aliphatic heterocycles. The van der Waals surface area contributed by atoms with E-state index in [0.717, 1.165) is 6.42 Å². The Morgan fingerprint density at radius 3 is 2.70 bits per heavy atom. The van der Waals surface area contributed by atoms with Crippen molar-refractivity contribution in [3.05, 3.63) is 0 Å². The van der Waals surface area contributed by atoms with Gasteiger partial charge in [0.25, 0.3) is 0 Å². The van der Waals surface area contributed by atoms with Crippen molar-refractivity contribution in [2.24, 2.45) is 11.0 Å². The summed E-state index contributed by atoms with van der Waals surface area (Å²) in [6.07, 6.45) is 4.06. The molecule has 1 aliphatic carbocycles. The Hall–Kier alpha value is -0.860. The highest BCUT2D eigenvalue weighted by molar-refractivity contribution is 5.95. The van der Waals surface area contributed by atoms with Gasteiger partial charge in [-0.1, -0.05) is 0 Å². The average Bonchev–Trinajstić information content (AvgIpc) is 2.71. The maximum absolute atomic E-state index is 10.6. The van der Waals surface area contributed by atoms with Crippen LogP contribution in [-0.4, -0.2) is 11.6 Å². The molecule has 1 N–H and O–H groups in total. The van der Waals surface area contributed by atoms with E-state index in [2.05, 4.69) is 10.5 Å². The Morgan fingerprint density at radius 2 is 2.20 bits per heavy atom. The summed E-state index contributed by atoms with van der Waals surface area (Å²) < 4.78 is 0. The second kappa shape index (κ2) is 2.08. The van der Waals surface area contributed by atoms with E-state index >= 15 is 0 Å². The summed E-state index contributed by atoms with van der Waals surface area (Å²) in [4.78, 5) is 10.6. The van der Waals surface area contributed by atoms with E-state index in [1.807, 2.05) is 0 Å². The molecule has 1 fully saturated rings. The van der Waals surface area contributed by atoms with Crippen LogP contribution in [-0.2, 0) is 4.79 Å². The third kappa shape index (κ3) is 1.03. The molecule has 54 valence electrons. The van der Waals surface area contributed by atoms with Crippen LogP contribution >= 0.6 is 0 Å². The van der Waals surface area contributed by atoms with Crippen molar-refractivity contribution in [3.8, 4) is 0 Å². The van der Waals surface area contributed by atoms with Gasteiger partial charge in [-0.2, -0.15) is 5.10 Å². The molecule has 1 saturated carbocycles. The molecule has 0 unspecified atom stereocenters. The lowest BCUT2D eigenvalue weighted by Crippen LogP contribution is -2.26. The first-order valence-electron chi connectivity index (χ1n) is 3.71. The largest absolute Gasteiger partial charge is 0.273 e. The topological polar surface area (TPSA) is 41.5 Å². The SMILES string of the molecule is O=C1CCC(C2CC2)=NN1. The van der Waals surface area contributed by atoms with Gasteiger partial charge in [0.15, 0.2) is 0 Å². The van der Waals surface area contributed by atoms with E-state index < -0.39 is 0 Å². The number of hydrogen-bond donors (Lipinski definition) is 1. The van der Waals surface area contributed by atoms with Crippen molar-refractivity contribution in [2.75, 3.05) is 0 Å². The number of nitrogens with zero attached hydrogens (tertiary/aromatic N) is 1. The maximum Gasteiger partial charge on any atom is 0.240 e. The predicted octanol–water partition coefficient (Wildman–Crippen LogP) is 0.662. The number of nitrogens with one attached hydrogen (secondary N) is 1. The van der Waals surface area contributed by atoms with Crippen LogP contribution in [0.2, 0.25) is 0 Å². The van der Waals surface area contributed by atoms with Crippen LogP contribution in [0, 0.1) is 5.92 Å². The first-order valence-corrected chi connectivity index (χ1v) is 3.71. The summed E-state index contributed by atoms with van der Waals surface area (Å²) in [7, 11) is 0. The summed E-state index contributed by atoms with van der Waals surface area (Å²) in [6.45, 7) is 0. The molecular weight excluding hydrogens is 128 g/mol. The lowest BCUT2D eigenvalue weighted by Gasteiger charge is -2.09. The van der Waals surface area contributed by atoms with Gasteiger partial charge in [0.05, 0.1) is 0 Å². The zero-order valence-electron chi connectivity index (χ0n) is 5.76. The van der Waals surface area contributed by atoms with Crippen molar-refractivity contribution >= 4 is 11.6 Å². The summed E-state index contributed by atoms with van der Waals surface area (Å²) in [6, 6.07) is 0. The van der Waals surface area contributed by atoms with Gasteiger partial charge in [0.2, 0.25) is 5.91 Å². The molecule has 0 aromatic rings. The van der Waals surface area contributed by atoms with Crippen molar-refractivity contribution in [1.29, 1.82) is 0 Å². The minimum atomic E-state index is 0.0596. The Morgan fingerprint density at radius 1 is 1.40 bits per heavy atom. The fourth-order valence-electron chi connectivity index (χ4n) is 1.20. The average molecular weight is 138 g/mol. The Balaban J connectivity index is 2.02. The number of carbonyl (C=O) groups excluding carboxylic acids is 1. The second-order valence-electron chi connectivity index (χ2n) is 2.91. The van der Waals surface area contributed by atoms with Gasteiger partial charge in [0.1, 0.15) is 0 Å². The van der Waals surface area contributed by atoms with Crippen molar-refractivity contribution in [3.63, 3.8) is 0 Å². The van der Waals surface area contributed by atoms with Crippen LogP contribution in [0.15, 0.2) is 5.10 Å². The molecule has 0 radical (unpaired) electrons. The first-order chi connectivity index (χ1) is 4.86. The van der Waals surface area contributed by atoms with Crippen LogP contribution in [0.3, 0.4) is 0 Å². The van der Waals surface area contributed by atoms with E-state index in [-0.39, 0.29) is 5.91 Å². The van der Waals surface area contributed by atoms with Crippen molar-refractivity contribution < 1.29 is 4.79 Å². The van der Waals surface area contributed by atoms with E-state index in [4.69, 9.17) is 0 Å². The maximum atomic E-state index is 10.6. The number of rotatable bonds is 1. The standard InChI is InChI=1S/C7H10N2O/c10-7-4-3-6(8-9-7)5-1-2-5/h5H,1-4H2,(H,9,10). The van der Waals surface area contributed by atoms with Crippen LogP contribution in [0.5, 0.6) is 0 Å². The van der Waals surface area contributed by atoms with Gasteiger partial charge in [-0.3, -0.25) is 4.79 Å². The summed E-state index contributed by atoms with van der Waals surface area (Å²) >= 11 is 0. The van der Waals surface area contributed by atoms with Gasteiger partial charge < -0.3 is 0 Å². The molecule has 0 spiro atoms. The smallest absolute Gasteiger partial charge is 0.240 e. The highest BCUT2D eigenvalue weighted by Gasteiger charge is 2.29. The zero-order chi connectivity index (χ0) is 6.97. The quantitative estimate of drug-likeness (QED) is 0.568. The third-order valence-corrected chi connectivity index (χ3v) is 1.98. The van der Waals surface area contributed by atoms with Crippen molar-refractivity contribution in [1.82, 2.24) is 5.43 Å². The summed E-state index contributed by atoms with van der Waals surface area (Å²) in [5.41, 5.74) is 3.71. The number of hydrazone groups is 1. The van der Waals surface area contributed by atoms with E-state index in [0.29, 0.717) is 12.3 Å². The molecule has 0 saturated heterocycles. The molecule has 0 aromatic carbocycles. The Labute approximate surface area is 59.5 Å². The minimum absolute atomic E-state index is 0.0596. The van der Waals surface area contributed by atoms with Crippen LogP contribution < -0.4 is 5.43 Å². The second-order valence-corrected chi connectivity index (χ2v) is 2.91. The highest BCUT2D eigenvalue weighted by Crippen LogP contribution is 2.32. The normalized spacial score (nSPS) is 25.6. The van der Waals surface area contributed by atoms with E-state index in [1.165, 1.54) is 18.6 Å². The Bertz CT molecular complexity index is 194. The molecule has 3 nitrogen and oxygen atoms in total. The van der Waals surface area contributed by atoms with Gasteiger partial charge in [-0.15, -0.1) is 0 Å². The van der Waals surface area contributed by atoms with Crippen LogP contribution in [0.1, 0.15) is 25.7 Å². The molecule has 2 rings (SSSR count). The molecular formula is C7H10N2O. The predicted molar refractivity (Wildman–Crippen MR) is 37.5 cm³/mol. The summed E-state index contributed by atoms with van der Waals surface area (Å²) in [5.74, 6) is 0.769. The molecule has 1 heterocycles. The van der Waals surface area contributed by atoms with Crippen LogP contribution in [0.25, 0.3) is 0 Å². The molecule has 1 amide bonds. The summed E-state index contributed by atoms with van der Waals surface area (Å²) in [5, 5.41) is 3.99. The molecule has 2 aliphatic rings. The minimum Gasteiger partial charge on any atom is -0.273 e. The molecule has 10 heavy (non-hydrogen) atoms. The lowest BCUT2D eigenvalue weighted by atomic mass is 10.1. The molecule has 0 atom stereocenters. The van der Waals surface area contributed by atoms with Gasteiger partial charge in [-0.05, 0) is 25.2 Å².